The van der Waals surface area contributed by atoms with Gasteiger partial charge in [0.25, 0.3) is 0 Å². The summed E-state index contributed by atoms with van der Waals surface area (Å²) in [4.78, 5) is 10.9. The van der Waals surface area contributed by atoms with Gasteiger partial charge in [0.15, 0.2) is 0 Å². The molecule has 1 N–H and O–H groups in total. The Bertz CT molecular complexity index is 593. The Labute approximate surface area is 107 Å². The fourth-order valence-electron chi connectivity index (χ4n) is 1.50. The first-order valence-corrected chi connectivity index (χ1v) is 5.50. The van der Waals surface area contributed by atoms with Crippen LogP contribution in [0.4, 0.5) is 4.79 Å². The third-order valence-electron chi connectivity index (χ3n) is 2.28. The lowest BCUT2D eigenvalue weighted by Crippen LogP contribution is -2.11. The highest BCUT2D eigenvalue weighted by Crippen LogP contribution is 2.29. The average molecular weight is 271 g/mol. The summed E-state index contributed by atoms with van der Waals surface area (Å²) >= 11 is 11.8. The summed E-state index contributed by atoms with van der Waals surface area (Å²) in [6.07, 6.45) is -1.13. The number of benzene rings is 1. The van der Waals surface area contributed by atoms with Crippen LogP contribution in [0.25, 0.3) is 11.3 Å². The highest BCUT2D eigenvalue weighted by Gasteiger charge is 2.13. The van der Waals surface area contributed by atoms with Crippen molar-refractivity contribution in [3.8, 4) is 11.3 Å². The molecule has 1 heterocycles. The van der Waals surface area contributed by atoms with Crippen molar-refractivity contribution >= 4 is 29.3 Å². The van der Waals surface area contributed by atoms with Gasteiger partial charge < -0.3 is 5.11 Å². The zero-order valence-electron chi connectivity index (χ0n) is 8.82. The number of rotatable bonds is 1. The van der Waals surface area contributed by atoms with Crippen LogP contribution in [0.3, 0.4) is 0 Å². The SMILES string of the molecule is Cc1cc(-c2ccc(Cl)cc2Cl)nn1C(=O)O. The van der Waals surface area contributed by atoms with Crippen LogP contribution in [0.5, 0.6) is 0 Å². The summed E-state index contributed by atoms with van der Waals surface area (Å²) in [5.41, 5.74) is 1.68. The van der Waals surface area contributed by atoms with Gasteiger partial charge in [0.05, 0.1) is 10.7 Å². The molecule has 2 aromatic rings. The monoisotopic (exact) mass is 270 g/mol. The molecule has 0 aliphatic carbocycles. The second kappa shape index (κ2) is 4.39. The number of halogens is 2. The second-order valence-corrected chi connectivity index (χ2v) is 4.33. The molecule has 1 aromatic heterocycles. The summed E-state index contributed by atoms with van der Waals surface area (Å²) < 4.78 is 0.903. The minimum absolute atomic E-state index is 0.438. The molecule has 2 rings (SSSR count). The van der Waals surface area contributed by atoms with Gasteiger partial charge in [-0.25, -0.2) is 4.79 Å². The molecule has 88 valence electrons. The number of nitrogens with zero attached hydrogens (tertiary/aromatic N) is 2. The smallest absolute Gasteiger partial charge is 0.432 e. The molecule has 0 saturated carbocycles. The van der Waals surface area contributed by atoms with E-state index >= 15 is 0 Å². The van der Waals surface area contributed by atoms with Crippen LogP contribution in [0, 0.1) is 6.92 Å². The van der Waals surface area contributed by atoms with Crippen molar-refractivity contribution in [1.29, 1.82) is 0 Å². The van der Waals surface area contributed by atoms with Crippen LogP contribution in [0.2, 0.25) is 10.0 Å². The van der Waals surface area contributed by atoms with Crippen LogP contribution >= 0.6 is 23.2 Å². The van der Waals surface area contributed by atoms with E-state index in [4.69, 9.17) is 28.3 Å². The molecule has 17 heavy (non-hydrogen) atoms. The second-order valence-electron chi connectivity index (χ2n) is 3.49. The third-order valence-corrected chi connectivity index (χ3v) is 2.82. The maximum Gasteiger partial charge on any atom is 0.432 e. The van der Waals surface area contributed by atoms with Gasteiger partial charge in [0.1, 0.15) is 0 Å². The summed E-state index contributed by atoms with van der Waals surface area (Å²) in [6.45, 7) is 1.66. The molecule has 0 atom stereocenters. The van der Waals surface area contributed by atoms with E-state index < -0.39 is 6.09 Å². The van der Waals surface area contributed by atoms with E-state index in [0.29, 0.717) is 27.0 Å². The molecule has 4 nitrogen and oxygen atoms in total. The minimum Gasteiger partial charge on any atom is -0.463 e. The molecule has 0 unspecified atom stereocenters. The van der Waals surface area contributed by atoms with Crippen LogP contribution < -0.4 is 0 Å². The van der Waals surface area contributed by atoms with Crippen LogP contribution in [-0.2, 0) is 0 Å². The first kappa shape index (κ1) is 12.0. The normalized spacial score (nSPS) is 10.5. The quantitative estimate of drug-likeness (QED) is 0.860. The number of aryl methyl sites for hydroxylation is 1. The molecular weight excluding hydrogens is 263 g/mol. The Kier molecular flexibility index (Phi) is 3.09. The van der Waals surface area contributed by atoms with Gasteiger partial charge in [0.2, 0.25) is 0 Å². The predicted octanol–water partition coefficient (Wildman–Crippen LogP) is 3.69. The van der Waals surface area contributed by atoms with Gasteiger partial charge in [-0.3, -0.25) is 0 Å². The molecule has 0 aliphatic heterocycles. The lowest BCUT2D eigenvalue weighted by Gasteiger charge is -2.00. The molecule has 0 aliphatic rings. The maximum atomic E-state index is 10.9. The molecule has 0 bridgehead atoms. The molecule has 0 amide bonds. The fourth-order valence-corrected chi connectivity index (χ4v) is 2.00. The van der Waals surface area contributed by atoms with Gasteiger partial charge in [-0.2, -0.15) is 9.78 Å². The molecule has 0 radical (unpaired) electrons. The standard InChI is InChI=1S/C11H8Cl2N2O2/c1-6-4-10(14-15(6)11(16)17)8-3-2-7(12)5-9(8)13/h2-5H,1H3,(H,16,17). The Balaban J connectivity index is 2.53. The fraction of sp³-hybridized carbons (Fsp3) is 0.0909. The van der Waals surface area contributed by atoms with E-state index in [-0.39, 0.29) is 0 Å². The minimum atomic E-state index is -1.13. The van der Waals surface area contributed by atoms with Gasteiger partial charge in [0, 0.05) is 16.3 Å². The first-order chi connectivity index (χ1) is 7.99. The first-order valence-electron chi connectivity index (χ1n) is 4.74. The summed E-state index contributed by atoms with van der Waals surface area (Å²) in [5, 5.41) is 13.8. The van der Waals surface area contributed by atoms with Crippen molar-refractivity contribution in [2.75, 3.05) is 0 Å². The zero-order chi connectivity index (χ0) is 12.6. The van der Waals surface area contributed by atoms with Gasteiger partial charge >= 0.3 is 6.09 Å². The number of carbonyl (C=O) groups is 1. The highest BCUT2D eigenvalue weighted by atomic mass is 35.5. The Morgan fingerprint density at radius 2 is 2.06 bits per heavy atom. The molecule has 0 fully saturated rings. The predicted molar refractivity (Wildman–Crippen MR) is 65.8 cm³/mol. The van der Waals surface area contributed by atoms with Crippen molar-refractivity contribution in [2.45, 2.75) is 6.92 Å². The molecule has 1 aromatic carbocycles. The molecule has 6 heteroatoms. The lowest BCUT2D eigenvalue weighted by molar-refractivity contribution is 0.192. The molecular formula is C11H8Cl2N2O2. The van der Waals surface area contributed by atoms with E-state index in [0.717, 1.165) is 4.68 Å². The average Bonchev–Trinajstić information content (AvgIpc) is 2.60. The van der Waals surface area contributed by atoms with Crippen molar-refractivity contribution in [2.24, 2.45) is 0 Å². The van der Waals surface area contributed by atoms with E-state index in [1.54, 1.807) is 31.2 Å². The van der Waals surface area contributed by atoms with Crippen LogP contribution in [0.1, 0.15) is 5.69 Å². The van der Waals surface area contributed by atoms with E-state index in [9.17, 15) is 4.79 Å². The largest absolute Gasteiger partial charge is 0.463 e. The number of aromatic nitrogens is 2. The van der Waals surface area contributed by atoms with Gasteiger partial charge in [-0.1, -0.05) is 23.2 Å². The number of hydrogen-bond donors (Lipinski definition) is 1. The summed E-state index contributed by atoms with van der Waals surface area (Å²) in [7, 11) is 0. The Hall–Kier alpha value is -1.52. The van der Waals surface area contributed by atoms with E-state index in [1.165, 1.54) is 0 Å². The summed E-state index contributed by atoms with van der Waals surface area (Å²) in [6, 6.07) is 6.63. The molecule has 0 spiro atoms. The van der Waals surface area contributed by atoms with Crippen LogP contribution in [-0.4, -0.2) is 21.0 Å². The Morgan fingerprint density at radius 1 is 1.35 bits per heavy atom. The molecule has 0 saturated heterocycles. The summed E-state index contributed by atoms with van der Waals surface area (Å²) in [5.74, 6) is 0. The van der Waals surface area contributed by atoms with Crippen molar-refractivity contribution in [1.82, 2.24) is 9.78 Å². The number of hydrogen-bond acceptors (Lipinski definition) is 2. The van der Waals surface area contributed by atoms with Gasteiger partial charge in [-0.15, -0.1) is 0 Å². The topological polar surface area (TPSA) is 55.1 Å². The number of carboxylic acid groups (broad SMARTS) is 1. The third kappa shape index (κ3) is 2.28. The van der Waals surface area contributed by atoms with E-state index in [2.05, 4.69) is 5.10 Å². The van der Waals surface area contributed by atoms with Gasteiger partial charge in [-0.05, 0) is 31.2 Å². The Morgan fingerprint density at radius 3 is 2.59 bits per heavy atom. The van der Waals surface area contributed by atoms with Crippen LogP contribution in [0.15, 0.2) is 24.3 Å². The van der Waals surface area contributed by atoms with E-state index in [1.807, 2.05) is 0 Å². The van der Waals surface area contributed by atoms with Crippen molar-refractivity contribution < 1.29 is 9.90 Å². The van der Waals surface area contributed by atoms with Crippen molar-refractivity contribution in [3.05, 3.63) is 40.0 Å². The van der Waals surface area contributed by atoms with Crippen molar-refractivity contribution in [3.63, 3.8) is 0 Å². The zero-order valence-corrected chi connectivity index (χ0v) is 10.3. The maximum absolute atomic E-state index is 10.9. The lowest BCUT2D eigenvalue weighted by atomic mass is 10.1. The highest BCUT2D eigenvalue weighted by molar-refractivity contribution is 6.36.